The number of likely N-dealkylation sites (N-methyl/N-ethyl adjacent to an activating group) is 1. The van der Waals surface area contributed by atoms with Crippen LogP contribution in [-0.4, -0.2) is 59.4 Å². The van der Waals surface area contributed by atoms with Gasteiger partial charge in [0.2, 0.25) is 5.91 Å². The largest absolute Gasteiger partial charge is 0.395 e. The highest BCUT2D eigenvalue weighted by Gasteiger charge is 2.40. The molecule has 156 valence electrons. The Bertz CT molecular complexity index is 968. The van der Waals surface area contributed by atoms with Gasteiger partial charge in [-0.15, -0.1) is 0 Å². The highest BCUT2D eigenvalue weighted by atomic mass is 16.3. The average Bonchev–Trinajstić information content (AvgIpc) is 2.97. The Morgan fingerprint density at radius 1 is 1.03 bits per heavy atom. The predicted molar refractivity (Wildman–Crippen MR) is 114 cm³/mol. The molecule has 30 heavy (non-hydrogen) atoms. The van der Waals surface area contributed by atoms with E-state index >= 15 is 0 Å². The van der Waals surface area contributed by atoms with Gasteiger partial charge in [-0.05, 0) is 29.7 Å². The zero-order chi connectivity index (χ0) is 21.7. The van der Waals surface area contributed by atoms with E-state index in [0.717, 1.165) is 5.56 Å². The molecular formula is C23H25N3O4. The van der Waals surface area contributed by atoms with Gasteiger partial charge in [0, 0.05) is 32.7 Å². The number of rotatable bonds is 8. The van der Waals surface area contributed by atoms with Crippen LogP contribution in [0.15, 0.2) is 60.3 Å². The van der Waals surface area contributed by atoms with Gasteiger partial charge in [0.1, 0.15) is 5.70 Å². The smallest absolute Gasteiger partial charge is 0.277 e. The monoisotopic (exact) mass is 407 g/mol. The van der Waals surface area contributed by atoms with Crippen molar-refractivity contribution in [2.45, 2.75) is 13.3 Å². The number of imide groups is 1. The van der Waals surface area contributed by atoms with Gasteiger partial charge in [-0.3, -0.25) is 19.3 Å². The van der Waals surface area contributed by atoms with Crippen molar-refractivity contribution in [3.05, 3.63) is 71.4 Å². The number of anilines is 1. The molecule has 1 aliphatic heterocycles. The summed E-state index contributed by atoms with van der Waals surface area (Å²) in [6.45, 7) is 1.78. The third-order valence-corrected chi connectivity index (χ3v) is 4.92. The summed E-state index contributed by atoms with van der Waals surface area (Å²) in [5.74, 6) is -0.916. The van der Waals surface area contributed by atoms with Gasteiger partial charge in [0.15, 0.2) is 0 Å². The SMILES string of the molecule is CC(=O)Nc1ccc(C2=C(N(C)CCO)C(=O)N(CCc3ccccc3)C2=O)cc1. The van der Waals surface area contributed by atoms with E-state index in [2.05, 4.69) is 5.32 Å². The van der Waals surface area contributed by atoms with Crippen molar-refractivity contribution in [1.82, 2.24) is 9.80 Å². The fourth-order valence-electron chi connectivity index (χ4n) is 3.45. The van der Waals surface area contributed by atoms with E-state index in [0.29, 0.717) is 23.2 Å². The summed E-state index contributed by atoms with van der Waals surface area (Å²) < 4.78 is 0. The first-order valence-corrected chi connectivity index (χ1v) is 9.76. The zero-order valence-electron chi connectivity index (χ0n) is 17.1. The minimum Gasteiger partial charge on any atom is -0.395 e. The van der Waals surface area contributed by atoms with E-state index in [1.54, 1.807) is 36.2 Å². The molecule has 1 aliphatic rings. The summed E-state index contributed by atoms with van der Waals surface area (Å²) in [6.07, 6.45) is 0.560. The van der Waals surface area contributed by atoms with Crippen molar-refractivity contribution in [3.63, 3.8) is 0 Å². The van der Waals surface area contributed by atoms with Crippen LogP contribution >= 0.6 is 0 Å². The molecule has 1 heterocycles. The molecule has 0 aliphatic carbocycles. The fourth-order valence-corrected chi connectivity index (χ4v) is 3.45. The van der Waals surface area contributed by atoms with Crippen LogP contribution in [0.2, 0.25) is 0 Å². The first-order valence-electron chi connectivity index (χ1n) is 9.76. The average molecular weight is 407 g/mol. The minimum atomic E-state index is -0.368. The number of nitrogens with one attached hydrogen (secondary N) is 1. The van der Waals surface area contributed by atoms with Gasteiger partial charge in [-0.25, -0.2) is 0 Å². The van der Waals surface area contributed by atoms with Crippen LogP contribution in [0.25, 0.3) is 5.57 Å². The number of carbonyl (C=O) groups excluding carboxylic acids is 3. The number of hydrogen-bond acceptors (Lipinski definition) is 5. The quantitative estimate of drug-likeness (QED) is 0.653. The van der Waals surface area contributed by atoms with Crippen LogP contribution in [0, 0.1) is 0 Å². The Morgan fingerprint density at radius 2 is 1.70 bits per heavy atom. The standard InChI is InChI=1S/C23H25N3O4/c1-16(28)24-19-10-8-18(9-11-19)20-21(25(2)14-15-27)23(30)26(22(20)29)13-12-17-6-4-3-5-7-17/h3-11,27H,12-15H2,1-2H3,(H,24,28). The van der Waals surface area contributed by atoms with Crippen molar-refractivity contribution < 1.29 is 19.5 Å². The van der Waals surface area contributed by atoms with Gasteiger partial charge in [-0.1, -0.05) is 42.5 Å². The normalized spacial score (nSPS) is 13.8. The Kier molecular flexibility index (Phi) is 6.64. The van der Waals surface area contributed by atoms with Gasteiger partial charge >= 0.3 is 0 Å². The molecule has 0 saturated carbocycles. The van der Waals surface area contributed by atoms with Crippen LogP contribution in [0.4, 0.5) is 5.69 Å². The number of aliphatic hydroxyl groups is 1. The minimum absolute atomic E-state index is 0.139. The van der Waals surface area contributed by atoms with Crippen LogP contribution in [0.1, 0.15) is 18.1 Å². The zero-order valence-corrected chi connectivity index (χ0v) is 17.1. The van der Waals surface area contributed by atoms with Crippen LogP contribution in [0.5, 0.6) is 0 Å². The second-order valence-corrected chi connectivity index (χ2v) is 7.12. The maximum absolute atomic E-state index is 13.2. The number of hydrogen-bond donors (Lipinski definition) is 2. The molecule has 2 aromatic carbocycles. The lowest BCUT2D eigenvalue weighted by Gasteiger charge is -2.20. The van der Waals surface area contributed by atoms with Crippen LogP contribution in [-0.2, 0) is 20.8 Å². The van der Waals surface area contributed by atoms with Gasteiger partial charge in [0.05, 0.1) is 12.2 Å². The van der Waals surface area contributed by atoms with Crippen LogP contribution in [0.3, 0.4) is 0 Å². The van der Waals surface area contributed by atoms with Crippen molar-refractivity contribution in [3.8, 4) is 0 Å². The topological polar surface area (TPSA) is 90.0 Å². The highest BCUT2D eigenvalue weighted by Crippen LogP contribution is 2.31. The molecule has 3 rings (SSSR count). The molecule has 0 radical (unpaired) electrons. The summed E-state index contributed by atoms with van der Waals surface area (Å²) in [4.78, 5) is 40.4. The van der Waals surface area contributed by atoms with Crippen LogP contribution < -0.4 is 5.32 Å². The maximum atomic E-state index is 13.2. The van der Waals surface area contributed by atoms with Crippen molar-refractivity contribution in [1.29, 1.82) is 0 Å². The van der Waals surface area contributed by atoms with E-state index in [-0.39, 0.29) is 43.1 Å². The first-order chi connectivity index (χ1) is 14.4. The molecule has 2 N–H and O–H groups in total. The van der Waals surface area contributed by atoms with E-state index in [1.165, 1.54) is 11.8 Å². The summed E-state index contributed by atoms with van der Waals surface area (Å²) >= 11 is 0. The Hall–Kier alpha value is -3.45. The molecule has 7 heteroatoms. The second-order valence-electron chi connectivity index (χ2n) is 7.12. The van der Waals surface area contributed by atoms with Crippen molar-refractivity contribution in [2.24, 2.45) is 0 Å². The summed E-state index contributed by atoms with van der Waals surface area (Å²) in [5.41, 5.74) is 2.81. The number of carbonyl (C=O) groups is 3. The first kappa shape index (κ1) is 21.3. The Labute approximate surface area is 175 Å². The molecular weight excluding hydrogens is 382 g/mol. The molecule has 0 spiro atoms. The van der Waals surface area contributed by atoms with Crippen molar-refractivity contribution in [2.75, 3.05) is 32.1 Å². The lowest BCUT2D eigenvalue weighted by atomic mass is 10.0. The van der Waals surface area contributed by atoms with Crippen molar-refractivity contribution >= 4 is 29.0 Å². The number of aliphatic hydroxyl groups excluding tert-OH is 1. The van der Waals surface area contributed by atoms with E-state index in [1.807, 2.05) is 30.3 Å². The molecule has 0 bridgehead atoms. The summed E-state index contributed by atoms with van der Waals surface area (Å²) in [6, 6.07) is 16.5. The number of amides is 3. The van der Waals surface area contributed by atoms with Gasteiger partial charge in [-0.2, -0.15) is 0 Å². The molecule has 7 nitrogen and oxygen atoms in total. The molecule has 2 aromatic rings. The Morgan fingerprint density at radius 3 is 2.30 bits per heavy atom. The Balaban J connectivity index is 1.90. The molecule has 0 atom stereocenters. The second kappa shape index (κ2) is 9.37. The third kappa shape index (κ3) is 4.58. The number of nitrogens with zero attached hydrogens (tertiary/aromatic N) is 2. The maximum Gasteiger partial charge on any atom is 0.277 e. The summed E-state index contributed by atoms with van der Waals surface area (Å²) in [5, 5.41) is 12.0. The van der Waals surface area contributed by atoms with Gasteiger partial charge < -0.3 is 15.3 Å². The lowest BCUT2D eigenvalue weighted by molar-refractivity contribution is -0.137. The molecule has 0 saturated heterocycles. The lowest BCUT2D eigenvalue weighted by Crippen LogP contribution is -2.36. The molecule has 0 aromatic heterocycles. The van der Waals surface area contributed by atoms with E-state index in [9.17, 15) is 19.5 Å². The predicted octanol–water partition coefficient (Wildman–Crippen LogP) is 1.89. The fraction of sp³-hybridized carbons (Fsp3) is 0.261. The molecule has 0 unspecified atom stereocenters. The third-order valence-electron chi connectivity index (χ3n) is 4.92. The van der Waals surface area contributed by atoms with E-state index in [4.69, 9.17) is 0 Å². The highest BCUT2D eigenvalue weighted by molar-refractivity contribution is 6.35. The molecule has 0 fully saturated rings. The molecule has 3 amide bonds. The van der Waals surface area contributed by atoms with E-state index < -0.39 is 0 Å². The number of benzene rings is 2. The van der Waals surface area contributed by atoms with Gasteiger partial charge in [0.25, 0.3) is 11.8 Å². The summed E-state index contributed by atoms with van der Waals surface area (Å²) in [7, 11) is 1.68.